The summed E-state index contributed by atoms with van der Waals surface area (Å²) in [7, 11) is 0. The standard InChI is InChI=1S/C23H28N8OS2/c1-2-6-17(7-3-1)34-23-27-21(24-9-5-10-31-11-13-32-14-12-31)26-22(28-23)25-20-16-18(29-30-20)19-8-4-15-33-19/h1-4,6-8,15,18,29H,5,9-14,16H2,(H2,24,25,26,27,28,30). The zero-order chi connectivity index (χ0) is 23.0. The number of nitrogens with zero attached hydrogens (tertiary/aromatic N) is 5. The van der Waals surface area contributed by atoms with Crippen LogP contribution in [0, 0.1) is 0 Å². The molecule has 0 saturated carbocycles. The highest BCUT2D eigenvalue weighted by Gasteiger charge is 2.22. The third-order valence-electron chi connectivity index (χ3n) is 5.50. The summed E-state index contributed by atoms with van der Waals surface area (Å²) in [5, 5.41) is 6.08. The number of benzene rings is 1. The maximum absolute atomic E-state index is 5.42. The Morgan fingerprint density at radius 1 is 1.12 bits per heavy atom. The average Bonchev–Trinajstić information content (AvgIpc) is 3.56. The van der Waals surface area contributed by atoms with E-state index in [0.29, 0.717) is 17.1 Å². The van der Waals surface area contributed by atoms with Crippen LogP contribution in [0.4, 0.5) is 11.9 Å². The van der Waals surface area contributed by atoms with Crippen LogP contribution in [0.25, 0.3) is 0 Å². The van der Waals surface area contributed by atoms with Crippen molar-refractivity contribution in [2.45, 2.75) is 28.9 Å². The van der Waals surface area contributed by atoms with Gasteiger partial charge in [0.25, 0.3) is 5.95 Å². The largest absolute Gasteiger partial charge is 0.379 e. The van der Waals surface area contributed by atoms with E-state index in [1.807, 2.05) is 30.3 Å². The van der Waals surface area contributed by atoms with Gasteiger partial charge in [-0.1, -0.05) is 24.3 Å². The number of ether oxygens (including phenoxy) is 1. The minimum Gasteiger partial charge on any atom is -0.379 e. The summed E-state index contributed by atoms with van der Waals surface area (Å²) in [6.45, 7) is 5.45. The van der Waals surface area contributed by atoms with Crippen LogP contribution < -0.4 is 16.2 Å². The van der Waals surface area contributed by atoms with Crippen molar-refractivity contribution in [3.05, 3.63) is 52.7 Å². The summed E-state index contributed by atoms with van der Waals surface area (Å²) in [6, 6.07) is 14.5. The normalized spacial score (nSPS) is 19.9. The van der Waals surface area contributed by atoms with Crippen molar-refractivity contribution in [2.75, 3.05) is 44.7 Å². The van der Waals surface area contributed by atoms with Crippen LogP contribution in [0.3, 0.4) is 0 Å². The fourth-order valence-corrected chi connectivity index (χ4v) is 5.30. The number of morpholine rings is 1. The van der Waals surface area contributed by atoms with E-state index in [0.717, 1.165) is 63.0 Å². The Morgan fingerprint density at radius 3 is 2.82 bits per heavy atom. The lowest BCUT2D eigenvalue weighted by molar-refractivity contribution is 0.0378. The van der Waals surface area contributed by atoms with E-state index in [4.69, 9.17) is 9.73 Å². The molecular weight excluding hydrogens is 468 g/mol. The quantitative estimate of drug-likeness (QED) is 0.384. The summed E-state index contributed by atoms with van der Waals surface area (Å²) in [5.41, 5.74) is 6.48. The first-order chi connectivity index (χ1) is 16.8. The number of hydrogen-bond acceptors (Lipinski definition) is 10. The number of aromatic nitrogens is 3. The molecule has 1 atom stereocenters. The molecule has 2 aromatic heterocycles. The van der Waals surface area contributed by atoms with Gasteiger partial charge in [0.05, 0.1) is 19.3 Å². The van der Waals surface area contributed by atoms with E-state index < -0.39 is 0 Å². The zero-order valence-electron chi connectivity index (χ0n) is 18.8. The first kappa shape index (κ1) is 23.2. The third kappa shape index (κ3) is 6.51. The fraction of sp³-hybridized carbons (Fsp3) is 0.391. The van der Waals surface area contributed by atoms with Gasteiger partial charge in [0.1, 0.15) is 5.84 Å². The Morgan fingerprint density at radius 2 is 2.00 bits per heavy atom. The van der Waals surface area contributed by atoms with Gasteiger partial charge in [0.2, 0.25) is 5.95 Å². The highest BCUT2D eigenvalue weighted by molar-refractivity contribution is 7.99. The molecule has 34 heavy (non-hydrogen) atoms. The molecular formula is C23H28N8OS2. The topological polar surface area (TPSA) is 99.6 Å². The Bertz CT molecular complexity index is 1070. The number of rotatable bonds is 9. The van der Waals surface area contributed by atoms with Crippen LogP contribution in [0.1, 0.15) is 23.8 Å². The van der Waals surface area contributed by atoms with E-state index in [9.17, 15) is 0 Å². The van der Waals surface area contributed by atoms with E-state index in [-0.39, 0.29) is 6.04 Å². The lowest BCUT2D eigenvalue weighted by Crippen LogP contribution is -2.37. The van der Waals surface area contributed by atoms with Gasteiger partial charge in [-0.25, -0.2) is 5.43 Å². The van der Waals surface area contributed by atoms with Gasteiger partial charge in [-0.15, -0.1) is 11.3 Å². The summed E-state index contributed by atoms with van der Waals surface area (Å²) < 4.78 is 5.42. The van der Waals surface area contributed by atoms with E-state index in [1.165, 1.54) is 16.6 Å². The molecule has 2 aliphatic rings. The molecule has 3 N–H and O–H groups in total. The van der Waals surface area contributed by atoms with Gasteiger partial charge >= 0.3 is 0 Å². The molecule has 178 valence electrons. The first-order valence-corrected chi connectivity index (χ1v) is 13.2. The Labute approximate surface area is 207 Å². The molecule has 11 heteroatoms. The number of hydrazine groups is 1. The zero-order valence-corrected chi connectivity index (χ0v) is 20.4. The van der Waals surface area contributed by atoms with E-state index >= 15 is 0 Å². The minimum absolute atomic E-state index is 0.205. The Hall–Kier alpha value is -2.57. The van der Waals surface area contributed by atoms with Crippen LogP contribution in [0.15, 0.2) is 62.9 Å². The average molecular weight is 497 g/mol. The summed E-state index contributed by atoms with van der Waals surface area (Å²) >= 11 is 3.24. The lowest BCUT2D eigenvalue weighted by atomic mass is 10.2. The number of thiophene rings is 1. The summed E-state index contributed by atoms with van der Waals surface area (Å²) in [4.78, 5) is 23.3. The first-order valence-electron chi connectivity index (χ1n) is 11.5. The minimum atomic E-state index is 0.205. The van der Waals surface area contributed by atoms with Gasteiger partial charge < -0.3 is 15.5 Å². The van der Waals surface area contributed by atoms with Gasteiger partial charge in [0, 0.05) is 35.8 Å². The number of amidine groups is 1. The summed E-state index contributed by atoms with van der Waals surface area (Å²) in [6.07, 6.45) is 1.76. The molecule has 0 amide bonds. The second kappa shape index (κ2) is 11.7. The predicted octanol–water partition coefficient (Wildman–Crippen LogP) is 3.49. The van der Waals surface area contributed by atoms with Crippen molar-refractivity contribution >= 4 is 40.8 Å². The van der Waals surface area contributed by atoms with Crippen molar-refractivity contribution in [3.8, 4) is 0 Å². The van der Waals surface area contributed by atoms with Crippen molar-refractivity contribution in [1.82, 2.24) is 30.7 Å². The number of aliphatic imine (C=N–C) groups is 1. The molecule has 0 aliphatic carbocycles. The highest BCUT2D eigenvalue weighted by atomic mass is 32.2. The molecule has 1 aromatic carbocycles. The molecule has 3 aromatic rings. The van der Waals surface area contributed by atoms with Crippen LogP contribution >= 0.6 is 23.1 Å². The molecule has 0 radical (unpaired) electrons. The molecule has 2 aliphatic heterocycles. The molecule has 5 rings (SSSR count). The maximum Gasteiger partial charge on any atom is 0.256 e. The van der Waals surface area contributed by atoms with Crippen molar-refractivity contribution in [1.29, 1.82) is 0 Å². The molecule has 9 nitrogen and oxygen atoms in total. The fourth-order valence-electron chi connectivity index (χ4n) is 3.76. The summed E-state index contributed by atoms with van der Waals surface area (Å²) in [5.74, 6) is 1.77. The number of anilines is 1. The molecule has 1 unspecified atom stereocenters. The van der Waals surface area contributed by atoms with Crippen molar-refractivity contribution < 1.29 is 4.74 Å². The third-order valence-corrected chi connectivity index (χ3v) is 7.36. The van der Waals surface area contributed by atoms with Gasteiger partial charge in [0.15, 0.2) is 5.16 Å². The smallest absolute Gasteiger partial charge is 0.256 e. The van der Waals surface area contributed by atoms with Gasteiger partial charge in [-0.05, 0) is 48.3 Å². The van der Waals surface area contributed by atoms with Crippen LogP contribution in [0.5, 0.6) is 0 Å². The van der Waals surface area contributed by atoms with E-state index in [2.05, 4.69) is 53.5 Å². The molecule has 0 bridgehead atoms. The monoisotopic (exact) mass is 496 g/mol. The van der Waals surface area contributed by atoms with Crippen molar-refractivity contribution in [3.63, 3.8) is 0 Å². The van der Waals surface area contributed by atoms with Gasteiger partial charge in [-0.2, -0.15) is 19.9 Å². The Kier molecular flexibility index (Phi) is 7.99. The SMILES string of the molecule is c1ccc(Sc2nc(N=C3CC(c4cccs4)NN3)nc(NCCCN3CCOCC3)n2)cc1. The van der Waals surface area contributed by atoms with Crippen LogP contribution in [-0.2, 0) is 4.74 Å². The Balaban J connectivity index is 1.27. The number of nitrogens with one attached hydrogen (secondary N) is 3. The predicted molar refractivity (Wildman–Crippen MR) is 136 cm³/mol. The second-order valence-electron chi connectivity index (χ2n) is 7.99. The maximum atomic E-state index is 5.42. The molecule has 2 fully saturated rings. The number of hydrogen-bond donors (Lipinski definition) is 3. The van der Waals surface area contributed by atoms with E-state index in [1.54, 1.807) is 11.3 Å². The van der Waals surface area contributed by atoms with Crippen LogP contribution in [-0.4, -0.2) is 65.1 Å². The van der Waals surface area contributed by atoms with Gasteiger partial charge in [-0.3, -0.25) is 4.90 Å². The highest BCUT2D eigenvalue weighted by Crippen LogP contribution is 2.28. The van der Waals surface area contributed by atoms with Crippen LogP contribution in [0.2, 0.25) is 0 Å². The second-order valence-corrected chi connectivity index (χ2v) is 10.0. The van der Waals surface area contributed by atoms with Crippen molar-refractivity contribution in [2.24, 2.45) is 4.99 Å². The lowest BCUT2D eigenvalue weighted by Gasteiger charge is -2.26. The molecule has 0 spiro atoms. The molecule has 4 heterocycles. The molecule has 2 saturated heterocycles.